The molecule has 1 aromatic carbocycles. The maximum atomic E-state index is 11.1. The summed E-state index contributed by atoms with van der Waals surface area (Å²) in [4.78, 5) is 11.1. The van der Waals surface area contributed by atoms with Crippen LogP contribution in [0.15, 0.2) is 29.8 Å². The van der Waals surface area contributed by atoms with Crippen LogP contribution in [0.5, 0.6) is 0 Å². The van der Waals surface area contributed by atoms with Crippen LogP contribution in [0, 0.1) is 0 Å². The molecule has 3 heteroatoms. The Morgan fingerprint density at radius 1 is 1.50 bits per heavy atom. The van der Waals surface area contributed by atoms with Gasteiger partial charge in [-0.25, -0.2) is 0 Å². The molecule has 0 aliphatic heterocycles. The standard InChI is InChI=1S/C11H10BrClO/c1-8(14)10(7-12)6-9-4-2-3-5-11(9)13/h2-6H,7H2,1H3/b10-6+. The van der Waals surface area contributed by atoms with Crippen LogP contribution >= 0.6 is 27.5 Å². The van der Waals surface area contributed by atoms with E-state index in [1.54, 1.807) is 19.1 Å². The summed E-state index contributed by atoms with van der Waals surface area (Å²) in [5.74, 6) is 0.0572. The molecule has 0 fully saturated rings. The van der Waals surface area contributed by atoms with Gasteiger partial charge in [-0.15, -0.1) is 0 Å². The molecule has 1 aromatic rings. The number of halogens is 2. The second kappa shape index (κ2) is 5.32. The van der Waals surface area contributed by atoms with E-state index in [2.05, 4.69) is 15.9 Å². The van der Waals surface area contributed by atoms with Crippen molar-refractivity contribution in [2.45, 2.75) is 6.92 Å². The smallest absolute Gasteiger partial charge is 0.156 e. The molecule has 0 unspecified atom stereocenters. The molecule has 74 valence electrons. The number of alkyl halides is 1. The summed E-state index contributed by atoms with van der Waals surface area (Å²) < 4.78 is 0. The van der Waals surface area contributed by atoms with Crippen molar-refractivity contribution in [1.82, 2.24) is 0 Å². The first kappa shape index (κ1) is 11.5. The molecule has 0 aliphatic carbocycles. The fraction of sp³-hybridized carbons (Fsp3) is 0.182. The largest absolute Gasteiger partial charge is 0.295 e. The lowest BCUT2D eigenvalue weighted by Gasteiger charge is -2.00. The Kier molecular flexibility index (Phi) is 4.36. The molecule has 1 rings (SSSR count). The topological polar surface area (TPSA) is 17.1 Å². The van der Waals surface area contributed by atoms with Crippen molar-refractivity contribution in [3.8, 4) is 0 Å². The number of ketones is 1. The Bertz CT molecular complexity index is 371. The third-order valence-corrected chi connectivity index (χ3v) is 2.78. The van der Waals surface area contributed by atoms with Gasteiger partial charge in [-0.1, -0.05) is 45.7 Å². The average molecular weight is 274 g/mol. The van der Waals surface area contributed by atoms with Gasteiger partial charge in [-0.2, -0.15) is 0 Å². The molecule has 1 nitrogen and oxygen atoms in total. The Labute approximate surface area is 96.9 Å². The van der Waals surface area contributed by atoms with Gasteiger partial charge in [0.05, 0.1) is 0 Å². The first-order valence-electron chi connectivity index (χ1n) is 4.17. The summed E-state index contributed by atoms with van der Waals surface area (Å²) in [6.07, 6.45) is 1.80. The Morgan fingerprint density at radius 3 is 2.64 bits per heavy atom. The van der Waals surface area contributed by atoms with E-state index in [0.717, 1.165) is 11.1 Å². The lowest BCUT2D eigenvalue weighted by molar-refractivity contribution is -0.113. The van der Waals surface area contributed by atoms with E-state index in [4.69, 9.17) is 11.6 Å². The number of hydrogen-bond donors (Lipinski definition) is 0. The van der Waals surface area contributed by atoms with Crippen LogP contribution in [-0.4, -0.2) is 11.1 Å². The molecule has 14 heavy (non-hydrogen) atoms. The first-order chi connectivity index (χ1) is 6.65. The van der Waals surface area contributed by atoms with E-state index < -0.39 is 0 Å². The zero-order chi connectivity index (χ0) is 10.6. The third-order valence-electron chi connectivity index (χ3n) is 1.83. The predicted octanol–water partition coefficient (Wildman–Crippen LogP) is 3.71. The van der Waals surface area contributed by atoms with E-state index >= 15 is 0 Å². The molecule has 0 bridgehead atoms. The molecule has 0 saturated carbocycles. The van der Waals surface area contributed by atoms with Crippen molar-refractivity contribution in [1.29, 1.82) is 0 Å². The van der Waals surface area contributed by atoms with Gasteiger partial charge in [-0.05, 0) is 24.6 Å². The SMILES string of the molecule is CC(=O)/C(=C/c1ccccc1Cl)CBr. The predicted molar refractivity (Wildman–Crippen MR) is 63.9 cm³/mol. The van der Waals surface area contributed by atoms with Gasteiger partial charge in [0.25, 0.3) is 0 Å². The highest BCUT2D eigenvalue weighted by Crippen LogP contribution is 2.19. The quantitative estimate of drug-likeness (QED) is 0.606. The maximum absolute atomic E-state index is 11.1. The van der Waals surface area contributed by atoms with Gasteiger partial charge in [-0.3, -0.25) is 4.79 Å². The van der Waals surface area contributed by atoms with Crippen molar-refractivity contribution in [2.24, 2.45) is 0 Å². The zero-order valence-corrected chi connectivity index (χ0v) is 10.1. The molecule has 0 amide bonds. The Balaban J connectivity index is 3.07. The van der Waals surface area contributed by atoms with Crippen molar-refractivity contribution >= 4 is 39.4 Å². The van der Waals surface area contributed by atoms with E-state index in [1.807, 2.05) is 18.2 Å². The monoisotopic (exact) mass is 272 g/mol. The summed E-state index contributed by atoms with van der Waals surface area (Å²) in [7, 11) is 0. The number of allylic oxidation sites excluding steroid dienone is 1. The zero-order valence-electron chi connectivity index (χ0n) is 7.76. The van der Waals surface area contributed by atoms with E-state index in [9.17, 15) is 4.79 Å². The Hall–Kier alpha value is -0.600. The molecular formula is C11H10BrClO. The van der Waals surface area contributed by atoms with Crippen LogP contribution in [0.2, 0.25) is 5.02 Å². The van der Waals surface area contributed by atoms with Crippen LogP contribution in [-0.2, 0) is 4.79 Å². The van der Waals surface area contributed by atoms with Gasteiger partial charge >= 0.3 is 0 Å². The van der Waals surface area contributed by atoms with E-state index in [1.165, 1.54) is 0 Å². The van der Waals surface area contributed by atoms with Crippen LogP contribution in [0.25, 0.3) is 6.08 Å². The third kappa shape index (κ3) is 2.96. The molecule has 0 radical (unpaired) electrons. The molecule has 0 aliphatic rings. The molecular weight excluding hydrogens is 263 g/mol. The second-order valence-corrected chi connectivity index (χ2v) is 3.85. The summed E-state index contributed by atoms with van der Waals surface area (Å²) in [5, 5.41) is 1.21. The summed E-state index contributed by atoms with van der Waals surface area (Å²) >= 11 is 9.23. The lowest BCUT2D eigenvalue weighted by Crippen LogP contribution is -1.97. The van der Waals surface area contributed by atoms with Gasteiger partial charge in [0.1, 0.15) is 0 Å². The summed E-state index contributed by atoms with van der Waals surface area (Å²) in [6.45, 7) is 1.55. The van der Waals surface area contributed by atoms with Crippen LogP contribution in [0.1, 0.15) is 12.5 Å². The first-order valence-corrected chi connectivity index (χ1v) is 5.67. The van der Waals surface area contributed by atoms with Crippen molar-refractivity contribution in [3.63, 3.8) is 0 Å². The number of benzene rings is 1. The molecule has 0 N–H and O–H groups in total. The number of carbonyl (C=O) groups is 1. The van der Waals surface area contributed by atoms with Gasteiger partial charge in [0, 0.05) is 15.9 Å². The highest BCUT2D eigenvalue weighted by Gasteiger charge is 2.03. The average Bonchev–Trinajstić information content (AvgIpc) is 2.16. The van der Waals surface area contributed by atoms with E-state index in [0.29, 0.717) is 10.4 Å². The summed E-state index contributed by atoms with van der Waals surface area (Å²) in [6, 6.07) is 7.44. The normalized spacial score (nSPS) is 11.5. The number of rotatable bonds is 3. The number of carbonyl (C=O) groups excluding carboxylic acids is 1. The second-order valence-electron chi connectivity index (χ2n) is 2.88. The lowest BCUT2D eigenvalue weighted by atomic mass is 10.1. The van der Waals surface area contributed by atoms with Crippen molar-refractivity contribution < 1.29 is 4.79 Å². The fourth-order valence-electron chi connectivity index (χ4n) is 1.01. The molecule has 0 saturated heterocycles. The van der Waals surface area contributed by atoms with Crippen LogP contribution in [0.3, 0.4) is 0 Å². The number of Topliss-reactive ketones (excluding diaryl/α,β-unsaturated/α-hetero) is 1. The number of hydrogen-bond acceptors (Lipinski definition) is 1. The van der Waals surface area contributed by atoms with Gasteiger partial charge in [0.15, 0.2) is 5.78 Å². The van der Waals surface area contributed by atoms with Crippen molar-refractivity contribution in [3.05, 3.63) is 40.4 Å². The highest BCUT2D eigenvalue weighted by atomic mass is 79.9. The van der Waals surface area contributed by atoms with Gasteiger partial charge < -0.3 is 0 Å². The minimum Gasteiger partial charge on any atom is -0.295 e. The summed E-state index contributed by atoms with van der Waals surface area (Å²) in [5.41, 5.74) is 1.59. The van der Waals surface area contributed by atoms with Crippen LogP contribution < -0.4 is 0 Å². The van der Waals surface area contributed by atoms with Gasteiger partial charge in [0.2, 0.25) is 0 Å². The molecule has 0 aromatic heterocycles. The molecule has 0 atom stereocenters. The minimum absolute atomic E-state index is 0.0572. The Morgan fingerprint density at radius 2 is 2.14 bits per heavy atom. The van der Waals surface area contributed by atoms with Crippen molar-refractivity contribution in [2.75, 3.05) is 5.33 Å². The van der Waals surface area contributed by atoms with Crippen LogP contribution in [0.4, 0.5) is 0 Å². The van der Waals surface area contributed by atoms with E-state index in [-0.39, 0.29) is 5.78 Å². The fourth-order valence-corrected chi connectivity index (χ4v) is 1.76. The highest BCUT2D eigenvalue weighted by molar-refractivity contribution is 9.09. The molecule has 0 spiro atoms. The minimum atomic E-state index is 0.0572. The molecule has 0 heterocycles. The maximum Gasteiger partial charge on any atom is 0.156 e.